The molecule has 0 saturated carbocycles. The summed E-state index contributed by atoms with van der Waals surface area (Å²) in [6.07, 6.45) is 1.94. The van der Waals surface area contributed by atoms with Crippen molar-refractivity contribution >= 4 is 10.0 Å². The molecule has 0 aromatic carbocycles. The highest BCUT2D eigenvalue weighted by Gasteiger charge is 2.30. The molecule has 0 bridgehead atoms. The Hall–Kier alpha value is -0.920. The van der Waals surface area contributed by atoms with E-state index in [0.717, 1.165) is 0 Å². The largest absolute Gasteiger partial charge is 0.377 e. The van der Waals surface area contributed by atoms with Crippen LogP contribution in [0.1, 0.15) is 19.0 Å². The van der Waals surface area contributed by atoms with Crippen LogP contribution in [-0.4, -0.2) is 37.4 Å². The van der Waals surface area contributed by atoms with Crippen molar-refractivity contribution < 1.29 is 13.2 Å². The Morgan fingerprint density at radius 3 is 2.88 bits per heavy atom. The zero-order valence-electron chi connectivity index (χ0n) is 9.23. The van der Waals surface area contributed by atoms with Gasteiger partial charge in [-0.05, 0) is 20.3 Å². The summed E-state index contributed by atoms with van der Waals surface area (Å²) in [5.74, 6) is 0. The van der Waals surface area contributed by atoms with Crippen LogP contribution in [0.25, 0.3) is 0 Å². The molecule has 90 valence electrons. The van der Waals surface area contributed by atoms with Crippen molar-refractivity contribution in [1.29, 1.82) is 0 Å². The van der Waals surface area contributed by atoms with Crippen molar-refractivity contribution in [3.63, 3.8) is 0 Å². The molecule has 1 fully saturated rings. The first-order chi connectivity index (χ1) is 7.50. The molecule has 7 heteroatoms. The maximum Gasteiger partial charge on any atom is 0.244 e. The summed E-state index contributed by atoms with van der Waals surface area (Å²) in [4.78, 5) is 0.201. The number of sulfonamides is 1. The van der Waals surface area contributed by atoms with E-state index >= 15 is 0 Å². The van der Waals surface area contributed by atoms with E-state index in [9.17, 15) is 8.42 Å². The van der Waals surface area contributed by atoms with Crippen LogP contribution in [-0.2, 0) is 14.8 Å². The molecule has 0 radical (unpaired) electrons. The van der Waals surface area contributed by atoms with E-state index in [4.69, 9.17) is 4.74 Å². The summed E-state index contributed by atoms with van der Waals surface area (Å²) in [6, 6.07) is -0.153. The number of aromatic nitrogens is 2. The van der Waals surface area contributed by atoms with Gasteiger partial charge in [-0.25, -0.2) is 13.1 Å². The first-order valence-corrected chi connectivity index (χ1v) is 6.63. The SMILES string of the molecule is Cc1[nH]ncc1S(=O)(=O)NC1CCOC1C. The molecule has 2 rings (SSSR count). The number of aromatic amines is 1. The zero-order chi connectivity index (χ0) is 11.8. The molecule has 2 unspecified atom stereocenters. The van der Waals surface area contributed by atoms with Gasteiger partial charge >= 0.3 is 0 Å². The second-order valence-electron chi connectivity index (χ2n) is 3.95. The Bertz CT molecular complexity index is 468. The Balaban J connectivity index is 2.18. The Kier molecular flexibility index (Phi) is 3.00. The monoisotopic (exact) mass is 245 g/mol. The molecule has 2 heterocycles. The number of nitrogens with one attached hydrogen (secondary N) is 2. The van der Waals surface area contributed by atoms with E-state index in [1.165, 1.54) is 6.20 Å². The van der Waals surface area contributed by atoms with Gasteiger partial charge in [0.15, 0.2) is 0 Å². The zero-order valence-corrected chi connectivity index (χ0v) is 10.0. The van der Waals surface area contributed by atoms with E-state index in [0.29, 0.717) is 18.7 Å². The molecule has 6 nitrogen and oxygen atoms in total. The number of hydrogen-bond acceptors (Lipinski definition) is 4. The predicted molar refractivity (Wildman–Crippen MR) is 57.5 cm³/mol. The fourth-order valence-electron chi connectivity index (χ4n) is 1.76. The number of rotatable bonds is 3. The number of aryl methyl sites for hydroxylation is 1. The van der Waals surface area contributed by atoms with Crippen LogP contribution in [0.3, 0.4) is 0 Å². The Morgan fingerprint density at radius 1 is 1.62 bits per heavy atom. The number of H-pyrrole nitrogens is 1. The first kappa shape index (κ1) is 11.6. The second-order valence-corrected chi connectivity index (χ2v) is 5.63. The number of ether oxygens (including phenoxy) is 1. The fraction of sp³-hybridized carbons (Fsp3) is 0.667. The Morgan fingerprint density at radius 2 is 2.38 bits per heavy atom. The number of hydrogen-bond donors (Lipinski definition) is 2. The van der Waals surface area contributed by atoms with Gasteiger partial charge in [0.05, 0.1) is 24.0 Å². The van der Waals surface area contributed by atoms with Crippen LogP contribution in [0.5, 0.6) is 0 Å². The van der Waals surface area contributed by atoms with Crippen molar-refractivity contribution in [1.82, 2.24) is 14.9 Å². The predicted octanol–water partition coefficient (Wildman–Crippen LogP) is 0.174. The highest BCUT2D eigenvalue weighted by molar-refractivity contribution is 7.89. The van der Waals surface area contributed by atoms with E-state index in [2.05, 4.69) is 14.9 Å². The van der Waals surface area contributed by atoms with E-state index in [-0.39, 0.29) is 17.0 Å². The van der Waals surface area contributed by atoms with Crippen molar-refractivity contribution in [3.05, 3.63) is 11.9 Å². The van der Waals surface area contributed by atoms with Gasteiger partial charge in [-0.15, -0.1) is 0 Å². The lowest BCUT2D eigenvalue weighted by Gasteiger charge is -2.15. The molecule has 1 aliphatic rings. The van der Waals surface area contributed by atoms with Crippen LogP contribution in [0.2, 0.25) is 0 Å². The van der Waals surface area contributed by atoms with Gasteiger partial charge in [-0.1, -0.05) is 0 Å². The summed E-state index contributed by atoms with van der Waals surface area (Å²) in [5.41, 5.74) is 0.541. The maximum absolute atomic E-state index is 12.0. The van der Waals surface area contributed by atoms with Gasteiger partial charge in [0.1, 0.15) is 4.90 Å². The van der Waals surface area contributed by atoms with Gasteiger partial charge in [-0.3, -0.25) is 5.10 Å². The minimum atomic E-state index is -3.49. The van der Waals surface area contributed by atoms with Crippen LogP contribution in [0.4, 0.5) is 0 Å². The molecular weight excluding hydrogens is 230 g/mol. The summed E-state index contributed by atoms with van der Waals surface area (Å²) in [5, 5.41) is 6.32. The molecule has 1 saturated heterocycles. The molecule has 2 N–H and O–H groups in total. The minimum absolute atomic E-state index is 0.0815. The van der Waals surface area contributed by atoms with Crippen molar-refractivity contribution in [2.75, 3.05) is 6.61 Å². The lowest BCUT2D eigenvalue weighted by atomic mass is 10.2. The third-order valence-corrected chi connectivity index (χ3v) is 4.36. The third-order valence-electron chi connectivity index (χ3n) is 2.76. The Labute approximate surface area is 94.4 Å². The van der Waals surface area contributed by atoms with Crippen molar-refractivity contribution in [2.24, 2.45) is 0 Å². The van der Waals surface area contributed by atoms with E-state index in [1.54, 1.807) is 6.92 Å². The maximum atomic E-state index is 12.0. The average Bonchev–Trinajstić information content (AvgIpc) is 2.76. The van der Waals surface area contributed by atoms with Gasteiger partial charge in [0.2, 0.25) is 10.0 Å². The molecule has 0 aliphatic carbocycles. The minimum Gasteiger partial charge on any atom is -0.377 e. The van der Waals surface area contributed by atoms with Gasteiger partial charge in [-0.2, -0.15) is 5.10 Å². The molecular formula is C9H15N3O3S. The van der Waals surface area contributed by atoms with Crippen molar-refractivity contribution in [3.8, 4) is 0 Å². The van der Waals surface area contributed by atoms with E-state index in [1.807, 2.05) is 6.92 Å². The van der Waals surface area contributed by atoms with E-state index < -0.39 is 10.0 Å². The lowest BCUT2D eigenvalue weighted by molar-refractivity contribution is 0.117. The number of nitrogens with zero attached hydrogens (tertiary/aromatic N) is 1. The summed E-state index contributed by atoms with van der Waals surface area (Å²) >= 11 is 0. The van der Waals surface area contributed by atoms with Crippen LogP contribution in [0.15, 0.2) is 11.1 Å². The molecule has 2 atom stereocenters. The summed E-state index contributed by atoms with van der Waals surface area (Å²) in [7, 11) is -3.49. The summed E-state index contributed by atoms with van der Waals surface area (Å²) < 4.78 is 31.9. The first-order valence-electron chi connectivity index (χ1n) is 5.14. The van der Waals surface area contributed by atoms with Gasteiger partial charge in [0, 0.05) is 6.61 Å². The quantitative estimate of drug-likeness (QED) is 0.795. The third kappa shape index (κ3) is 2.11. The molecule has 0 amide bonds. The second kappa shape index (κ2) is 4.15. The fourth-order valence-corrected chi connectivity index (χ4v) is 3.24. The smallest absolute Gasteiger partial charge is 0.244 e. The molecule has 1 aromatic heterocycles. The molecule has 16 heavy (non-hydrogen) atoms. The summed E-state index contributed by atoms with van der Waals surface area (Å²) in [6.45, 7) is 4.14. The van der Waals surface area contributed by atoms with Gasteiger partial charge in [0.25, 0.3) is 0 Å². The highest BCUT2D eigenvalue weighted by atomic mass is 32.2. The van der Waals surface area contributed by atoms with Crippen LogP contribution in [0, 0.1) is 6.92 Å². The normalized spacial score (nSPS) is 26.1. The molecule has 1 aromatic rings. The standard InChI is InChI=1S/C9H15N3O3S/c1-6-9(5-10-11-6)16(13,14)12-8-3-4-15-7(8)2/h5,7-8,12H,3-4H2,1-2H3,(H,10,11). The average molecular weight is 245 g/mol. The molecule has 1 aliphatic heterocycles. The van der Waals surface area contributed by atoms with Crippen molar-refractivity contribution in [2.45, 2.75) is 37.3 Å². The topological polar surface area (TPSA) is 84.1 Å². The molecule has 0 spiro atoms. The highest BCUT2D eigenvalue weighted by Crippen LogP contribution is 2.17. The van der Waals surface area contributed by atoms with Gasteiger partial charge < -0.3 is 4.74 Å². The van der Waals surface area contributed by atoms with Crippen LogP contribution >= 0.6 is 0 Å². The lowest BCUT2D eigenvalue weighted by Crippen LogP contribution is -2.39. The van der Waals surface area contributed by atoms with Crippen LogP contribution < -0.4 is 4.72 Å².